The van der Waals surface area contributed by atoms with E-state index in [1.54, 1.807) is 18.7 Å². The predicted molar refractivity (Wildman–Crippen MR) is 84.2 cm³/mol. The fourth-order valence-corrected chi connectivity index (χ4v) is 2.42. The molecule has 3 rings (SSSR count). The zero-order valence-corrected chi connectivity index (χ0v) is 12.1. The Labute approximate surface area is 122 Å². The molecule has 1 aromatic carbocycles. The van der Waals surface area contributed by atoms with Crippen molar-refractivity contribution in [3.8, 4) is 5.69 Å². The first kappa shape index (κ1) is 12.7. The van der Waals surface area contributed by atoms with Gasteiger partial charge in [-0.15, -0.1) is 0 Å². The van der Waals surface area contributed by atoms with Crippen molar-refractivity contribution in [3.05, 3.63) is 53.6 Å². The Morgan fingerprint density at radius 2 is 2.00 bits per heavy atom. The minimum Gasteiger partial charge on any atom is -0.389 e. The monoisotopic (exact) mass is 282 g/mol. The van der Waals surface area contributed by atoms with Crippen molar-refractivity contribution >= 4 is 28.2 Å². The molecule has 0 spiro atoms. The second-order valence-corrected chi connectivity index (χ2v) is 5.24. The van der Waals surface area contributed by atoms with E-state index in [1.807, 2.05) is 10.6 Å². The number of fused-ring (bicyclic) bond motifs is 1. The molecular formula is C15H14N4S. The Morgan fingerprint density at radius 3 is 2.75 bits per heavy atom. The number of rotatable bonds is 2. The van der Waals surface area contributed by atoms with E-state index >= 15 is 0 Å². The van der Waals surface area contributed by atoms with Crippen molar-refractivity contribution in [2.45, 2.75) is 13.8 Å². The number of pyridine rings is 1. The molecule has 4 nitrogen and oxygen atoms in total. The van der Waals surface area contributed by atoms with Gasteiger partial charge in [-0.2, -0.15) is 0 Å². The van der Waals surface area contributed by atoms with Crippen LogP contribution in [0, 0.1) is 13.8 Å². The van der Waals surface area contributed by atoms with Gasteiger partial charge in [0.05, 0.1) is 22.9 Å². The van der Waals surface area contributed by atoms with Crippen LogP contribution < -0.4 is 5.73 Å². The summed E-state index contributed by atoms with van der Waals surface area (Å²) >= 11 is 5.11. The molecule has 0 aliphatic carbocycles. The van der Waals surface area contributed by atoms with Crippen molar-refractivity contribution < 1.29 is 0 Å². The fourth-order valence-electron chi connectivity index (χ4n) is 2.24. The highest BCUT2D eigenvalue weighted by atomic mass is 32.1. The lowest BCUT2D eigenvalue weighted by Crippen LogP contribution is -2.13. The van der Waals surface area contributed by atoms with E-state index in [2.05, 4.69) is 35.9 Å². The third kappa shape index (κ3) is 1.96. The Bertz CT molecular complexity index is 820. The number of nitrogens with two attached hydrogens (primary N) is 1. The second-order valence-electron chi connectivity index (χ2n) is 4.80. The minimum atomic E-state index is 0.355. The first-order chi connectivity index (χ1) is 9.58. The van der Waals surface area contributed by atoms with Gasteiger partial charge >= 0.3 is 0 Å². The lowest BCUT2D eigenvalue weighted by molar-refractivity contribution is 1.06. The Balaban J connectivity index is 2.31. The third-order valence-electron chi connectivity index (χ3n) is 3.49. The van der Waals surface area contributed by atoms with Gasteiger partial charge in [0, 0.05) is 11.8 Å². The molecule has 0 radical (unpaired) electrons. The van der Waals surface area contributed by atoms with E-state index in [-0.39, 0.29) is 0 Å². The van der Waals surface area contributed by atoms with Gasteiger partial charge in [-0.1, -0.05) is 12.2 Å². The molecule has 0 saturated carbocycles. The first-order valence-corrected chi connectivity index (χ1v) is 6.67. The van der Waals surface area contributed by atoms with Crippen LogP contribution in [0.5, 0.6) is 0 Å². The third-order valence-corrected chi connectivity index (χ3v) is 3.71. The summed E-state index contributed by atoms with van der Waals surface area (Å²) < 4.78 is 1.98. The molecular weight excluding hydrogens is 268 g/mol. The SMILES string of the molecule is Cc1cc2ncn(-c3cnccc3C(N)=S)c2cc1C. The Kier molecular flexibility index (Phi) is 2.99. The van der Waals surface area contributed by atoms with Gasteiger partial charge in [-0.3, -0.25) is 9.55 Å². The predicted octanol–water partition coefficient (Wildman–Crippen LogP) is 2.67. The number of thiocarbonyl (C=S) groups is 1. The summed E-state index contributed by atoms with van der Waals surface area (Å²) in [5, 5.41) is 0. The summed E-state index contributed by atoms with van der Waals surface area (Å²) in [4.78, 5) is 8.97. The normalized spacial score (nSPS) is 10.9. The standard InChI is InChI=1S/C15H14N4S/c1-9-5-12-13(6-10(9)2)19(8-18-12)14-7-17-4-3-11(14)15(16)20/h3-8H,1-2H3,(H2,16,20). The van der Waals surface area contributed by atoms with Crippen LogP contribution in [0.15, 0.2) is 36.9 Å². The molecule has 0 unspecified atom stereocenters. The van der Waals surface area contributed by atoms with Crippen LogP contribution in [0.3, 0.4) is 0 Å². The molecule has 0 fully saturated rings. The maximum Gasteiger partial charge on any atom is 0.106 e. The molecule has 20 heavy (non-hydrogen) atoms. The summed E-state index contributed by atoms with van der Waals surface area (Å²) in [5.41, 5.74) is 11.9. The van der Waals surface area contributed by atoms with Gasteiger partial charge in [0.25, 0.3) is 0 Å². The second kappa shape index (κ2) is 4.68. The van der Waals surface area contributed by atoms with Crippen LogP contribution in [0.2, 0.25) is 0 Å². The molecule has 2 aromatic heterocycles. The molecule has 2 N–H and O–H groups in total. The van der Waals surface area contributed by atoms with Crippen LogP contribution in [0.4, 0.5) is 0 Å². The van der Waals surface area contributed by atoms with Crippen LogP contribution in [0.25, 0.3) is 16.7 Å². The maximum absolute atomic E-state index is 5.79. The summed E-state index contributed by atoms with van der Waals surface area (Å²) in [6.07, 6.45) is 5.22. The zero-order chi connectivity index (χ0) is 14.3. The largest absolute Gasteiger partial charge is 0.389 e. The van der Waals surface area contributed by atoms with Crippen molar-refractivity contribution in [3.63, 3.8) is 0 Å². The van der Waals surface area contributed by atoms with Crippen molar-refractivity contribution in [2.75, 3.05) is 0 Å². The molecule has 0 saturated heterocycles. The van der Waals surface area contributed by atoms with Gasteiger partial charge in [-0.05, 0) is 43.2 Å². The molecule has 2 heterocycles. The smallest absolute Gasteiger partial charge is 0.106 e. The number of aromatic nitrogens is 3. The average Bonchev–Trinajstić information content (AvgIpc) is 2.82. The van der Waals surface area contributed by atoms with Gasteiger partial charge in [0.15, 0.2) is 0 Å². The van der Waals surface area contributed by atoms with Gasteiger partial charge in [0.1, 0.15) is 11.3 Å². The zero-order valence-electron chi connectivity index (χ0n) is 11.3. The summed E-state index contributed by atoms with van der Waals surface area (Å²) in [6.45, 7) is 4.17. The quantitative estimate of drug-likeness (QED) is 0.734. The Morgan fingerprint density at radius 1 is 1.25 bits per heavy atom. The molecule has 0 aliphatic rings. The first-order valence-electron chi connectivity index (χ1n) is 6.26. The highest BCUT2D eigenvalue weighted by Crippen LogP contribution is 2.23. The maximum atomic E-state index is 5.79. The molecule has 0 atom stereocenters. The van der Waals surface area contributed by atoms with E-state index in [4.69, 9.17) is 18.0 Å². The average molecular weight is 282 g/mol. The van der Waals surface area contributed by atoms with Crippen LogP contribution in [-0.2, 0) is 0 Å². The van der Waals surface area contributed by atoms with Gasteiger partial charge < -0.3 is 5.73 Å². The Hall–Kier alpha value is -2.27. The highest BCUT2D eigenvalue weighted by molar-refractivity contribution is 7.80. The van der Waals surface area contributed by atoms with E-state index in [1.165, 1.54) is 11.1 Å². The number of hydrogen-bond donors (Lipinski definition) is 1. The number of nitrogens with zero attached hydrogens (tertiary/aromatic N) is 3. The fraction of sp³-hybridized carbons (Fsp3) is 0.133. The molecule has 100 valence electrons. The van der Waals surface area contributed by atoms with E-state index < -0.39 is 0 Å². The molecule has 0 aliphatic heterocycles. The number of benzene rings is 1. The summed E-state index contributed by atoms with van der Waals surface area (Å²) in [7, 11) is 0. The minimum absolute atomic E-state index is 0.355. The highest BCUT2D eigenvalue weighted by Gasteiger charge is 2.11. The van der Waals surface area contributed by atoms with Gasteiger partial charge in [0.2, 0.25) is 0 Å². The summed E-state index contributed by atoms with van der Waals surface area (Å²) in [5.74, 6) is 0. The molecule has 3 aromatic rings. The van der Waals surface area contributed by atoms with Crippen molar-refractivity contribution in [1.29, 1.82) is 0 Å². The summed E-state index contributed by atoms with van der Waals surface area (Å²) in [6, 6.07) is 6.02. The lowest BCUT2D eigenvalue weighted by atomic mass is 10.1. The van der Waals surface area contributed by atoms with Crippen LogP contribution >= 0.6 is 12.2 Å². The van der Waals surface area contributed by atoms with Crippen LogP contribution in [-0.4, -0.2) is 19.5 Å². The molecule has 5 heteroatoms. The number of hydrogen-bond acceptors (Lipinski definition) is 3. The van der Waals surface area contributed by atoms with E-state index in [9.17, 15) is 0 Å². The molecule has 0 bridgehead atoms. The number of imidazole rings is 1. The van der Waals surface area contributed by atoms with E-state index in [0.717, 1.165) is 22.3 Å². The van der Waals surface area contributed by atoms with Gasteiger partial charge in [-0.25, -0.2) is 4.98 Å². The molecule has 0 amide bonds. The van der Waals surface area contributed by atoms with Crippen molar-refractivity contribution in [1.82, 2.24) is 14.5 Å². The van der Waals surface area contributed by atoms with Crippen LogP contribution in [0.1, 0.15) is 16.7 Å². The van der Waals surface area contributed by atoms with E-state index in [0.29, 0.717) is 4.99 Å². The van der Waals surface area contributed by atoms with Crippen molar-refractivity contribution in [2.24, 2.45) is 5.73 Å². The lowest BCUT2D eigenvalue weighted by Gasteiger charge is -2.10. The topological polar surface area (TPSA) is 56.7 Å². The number of aryl methyl sites for hydroxylation is 2.